The van der Waals surface area contributed by atoms with Crippen LogP contribution in [-0.2, 0) is 22.4 Å². The molecule has 0 spiro atoms. The van der Waals surface area contributed by atoms with Gasteiger partial charge in [0.15, 0.2) is 0 Å². The number of carboxylic acid groups (broad SMARTS) is 2. The number of fused-ring (bicyclic) bond motifs is 1. The van der Waals surface area contributed by atoms with Crippen molar-refractivity contribution in [3.05, 3.63) is 82.3 Å². The van der Waals surface area contributed by atoms with Crippen molar-refractivity contribution in [2.45, 2.75) is 39.2 Å². The molecule has 196 valence electrons. The predicted molar refractivity (Wildman–Crippen MR) is 148 cm³/mol. The largest absolute Gasteiger partial charge is 0.481 e. The lowest BCUT2D eigenvalue weighted by molar-refractivity contribution is -0.142. The zero-order valence-corrected chi connectivity index (χ0v) is 22.6. The normalized spacial score (nSPS) is 12.8. The molecule has 3 aromatic rings. The minimum Gasteiger partial charge on any atom is -0.481 e. The molecule has 0 radical (unpaired) electrons. The number of carboxylic acids is 2. The fourth-order valence-electron chi connectivity index (χ4n) is 4.39. The lowest BCUT2D eigenvalue weighted by Crippen LogP contribution is -2.51. The SMILES string of the molecule is CC(C)CN(C[C@H](CCc1ccccc1)C(=O)O)C(=O)N[C@@H](Cc1c(Br)ccc2ccccc12)C(=O)O. The van der Waals surface area contributed by atoms with Crippen molar-refractivity contribution in [2.75, 3.05) is 13.1 Å². The van der Waals surface area contributed by atoms with E-state index in [-0.39, 0.29) is 18.9 Å². The molecular formula is C29H33BrN2O5. The summed E-state index contributed by atoms with van der Waals surface area (Å²) in [5, 5.41) is 24.3. The second kappa shape index (κ2) is 13.2. The molecule has 8 heteroatoms. The maximum absolute atomic E-state index is 13.3. The topological polar surface area (TPSA) is 107 Å². The predicted octanol–water partition coefficient (Wildman–Crippen LogP) is 5.60. The molecule has 37 heavy (non-hydrogen) atoms. The molecule has 0 unspecified atom stereocenters. The van der Waals surface area contributed by atoms with E-state index < -0.39 is 29.9 Å². The molecule has 0 aliphatic carbocycles. The Morgan fingerprint density at radius 3 is 2.22 bits per heavy atom. The summed E-state index contributed by atoms with van der Waals surface area (Å²) in [6, 6.07) is 19.3. The minimum absolute atomic E-state index is 0.00349. The maximum atomic E-state index is 13.3. The van der Waals surface area contributed by atoms with E-state index in [1.165, 1.54) is 4.90 Å². The number of urea groups is 1. The highest BCUT2D eigenvalue weighted by Gasteiger charge is 2.29. The summed E-state index contributed by atoms with van der Waals surface area (Å²) in [4.78, 5) is 39.0. The van der Waals surface area contributed by atoms with Crippen molar-refractivity contribution < 1.29 is 24.6 Å². The second-order valence-corrected chi connectivity index (χ2v) is 10.5. The van der Waals surface area contributed by atoms with Crippen LogP contribution in [0, 0.1) is 11.8 Å². The standard InChI is InChI=1S/C29H33BrN2O5/c1-19(2)17-32(18-22(27(33)34)13-12-20-8-4-3-5-9-20)29(37)31-26(28(35)36)16-24-23-11-7-6-10-21(23)14-15-25(24)30/h3-11,14-15,19,22,26H,12-13,16-18H2,1-2H3,(H,31,37)(H,33,34)(H,35,36)/t22-,26-/m0/s1. The van der Waals surface area contributed by atoms with E-state index in [1.807, 2.05) is 80.6 Å². The number of hydrogen-bond acceptors (Lipinski definition) is 3. The summed E-state index contributed by atoms with van der Waals surface area (Å²) in [6.07, 6.45) is 1.02. The van der Waals surface area contributed by atoms with E-state index in [0.717, 1.165) is 26.4 Å². The summed E-state index contributed by atoms with van der Waals surface area (Å²) in [6.45, 7) is 4.17. The van der Waals surface area contributed by atoms with Crippen LogP contribution in [0.5, 0.6) is 0 Å². The van der Waals surface area contributed by atoms with Crippen molar-refractivity contribution >= 4 is 44.7 Å². The number of carbonyl (C=O) groups is 3. The van der Waals surface area contributed by atoms with Crippen LogP contribution in [0.25, 0.3) is 10.8 Å². The van der Waals surface area contributed by atoms with Gasteiger partial charge in [0.1, 0.15) is 6.04 Å². The zero-order valence-electron chi connectivity index (χ0n) is 21.1. The zero-order chi connectivity index (χ0) is 26.9. The van der Waals surface area contributed by atoms with Crippen molar-refractivity contribution in [3.63, 3.8) is 0 Å². The van der Waals surface area contributed by atoms with E-state index in [1.54, 1.807) is 0 Å². The average Bonchev–Trinajstić information content (AvgIpc) is 2.86. The summed E-state index contributed by atoms with van der Waals surface area (Å²) in [5.41, 5.74) is 1.81. The molecule has 0 heterocycles. The number of aryl methyl sites for hydroxylation is 1. The van der Waals surface area contributed by atoms with Gasteiger partial charge in [-0.1, -0.05) is 90.4 Å². The number of aliphatic carboxylic acids is 2. The van der Waals surface area contributed by atoms with Crippen LogP contribution < -0.4 is 5.32 Å². The van der Waals surface area contributed by atoms with Crippen LogP contribution in [-0.4, -0.2) is 52.2 Å². The Bertz CT molecular complexity index is 1230. The van der Waals surface area contributed by atoms with Gasteiger partial charge < -0.3 is 20.4 Å². The van der Waals surface area contributed by atoms with Crippen LogP contribution in [0.3, 0.4) is 0 Å². The van der Waals surface area contributed by atoms with Crippen LogP contribution in [0.2, 0.25) is 0 Å². The smallest absolute Gasteiger partial charge is 0.326 e. The minimum atomic E-state index is -1.18. The molecule has 0 aromatic heterocycles. The quantitative estimate of drug-likeness (QED) is 0.263. The Morgan fingerprint density at radius 1 is 0.892 bits per heavy atom. The van der Waals surface area contributed by atoms with Gasteiger partial charge in [0.2, 0.25) is 0 Å². The van der Waals surface area contributed by atoms with Gasteiger partial charge in [0, 0.05) is 24.0 Å². The van der Waals surface area contributed by atoms with Crippen LogP contribution >= 0.6 is 15.9 Å². The van der Waals surface area contributed by atoms with Crippen molar-refractivity contribution in [3.8, 4) is 0 Å². The molecule has 2 amide bonds. The fourth-order valence-corrected chi connectivity index (χ4v) is 4.89. The van der Waals surface area contributed by atoms with E-state index in [0.29, 0.717) is 19.4 Å². The lowest BCUT2D eigenvalue weighted by atomic mass is 9.98. The lowest BCUT2D eigenvalue weighted by Gasteiger charge is -2.29. The summed E-state index contributed by atoms with van der Waals surface area (Å²) < 4.78 is 0.762. The highest BCUT2D eigenvalue weighted by atomic mass is 79.9. The fraction of sp³-hybridized carbons (Fsp3) is 0.345. The Morgan fingerprint density at radius 2 is 1.57 bits per heavy atom. The maximum Gasteiger partial charge on any atom is 0.326 e. The van der Waals surface area contributed by atoms with Gasteiger partial charge in [-0.25, -0.2) is 9.59 Å². The molecule has 0 bridgehead atoms. The molecule has 0 saturated heterocycles. The molecule has 0 fully saturated rings. The monoisotopic (exact) mass is 568 g/mol. The van der Waals surface area contributed by atoms with Gasteiger partial charge in [-0.05, 0) is 46.7 Å². The Kier molecular flexibility index (Phi) is 10.1. The Hall–Kier alpha value is -3.39. The first kappa shape index (κ1) is 28.2. The number of rotatable bonds is 12. The van der Waals surface area contributed by atoms with Gasteiger partial charge in [-0.15, -0.1) is 0 Å². The summed E-state index contributed by atoms with van der Waals surface area (Å²) in [5.74, 6) is -2.84. The molecule has 3 rings (SSSR count). The first-order valence-corrected chi connectivity index (χ1v) is 13.2. The third-order valence-corrected chi connectivity index (χ3v) is 7.02. The van der Waals surface area contributed by atoms with Gasteiger partial charge >= 0.3 is 18.0 Å². The van der Waals surface area contributed by atoms with Crippen LogP contribution in [0.15, 0.2) is 71.2 Å². The summed E-state index contributed by atoms with van der Waals surface area (Å²) >= 11 is 3.53. The van der Waals surface area contributed by atoms with E-state index >= 15 is 0 Å². The molecular weight excluding hydrogens is 536 g/mol. The van der Waals surface area contributed by atoms with E-state index in [2.05, 4.69) is 21.2 Å². The van der Waals surface area contributed by atoms with Crippen molar-refractivity contribution in [1.82, 2.24) is 10.2 Å². The van der Waals surface area contributed by atoms with E-state index in [4.69, 9.17) is 0 Å². The van der Waals surface area contributed by atoms with Gasteiger partial charge in [-0.3, -0.25) is 4.79 Å². The van der Waals surface area contributed by atoms with Crippen LogP contribution in [0.4, 0.5) is 4.79 Å². The number of hydrogen-bond donors (Lipinski definition) is 3. The summed E-state index contributed by atoms with van der Waals surface area (Å²) in [7, 11) is 0. The molecule has 3 N–H and O–H groups in total. The van der Waals surface area contributed by atoms with E-state index in [9.17, 15) is 24.6 Å². The number of nitrogens with zero attached hydrogens (tertiary/aromatic N) is 1. The number of carbonyl (C=O) groups excluding carboxylic acids is 1. The highest BCUT2D eigenvalue weighted by molar-refractivity contribution is 9.10. The second-order valence-electron chi connectivity index (χ2n) is 9.65. The number of halogens is 1. The molecule has 0 aliphatic heterocycles. The Labute approximate surface area is 225 Å². The van der Waals surface area contributed by atoms with Gasteiger partial charge in [0.25, 0.3) is 0 Å². The molecule has 0 saturated carbocycles. The Balaban J connectivity index is 1.77. The van der Waals surface area contributed by atoms with Gasteiger partial charge in [-0.2, -0.15) is 0 Å². The van der Waals surface area contributed by atoms with Crippen LogP contribution in [0.1, 0.15) is 31.4 Å². The average molecular weight is 569 g/mol. The van der Waals surface area contributed by atoms with Crippen molar-refractivity contribution in [1.29, 1.82) is 0 Å². The highest BCUT2D eigenvalue weighted by Crippen LogP contribution is 2.28. The third kappa shape index (κ3) is 8.05. The number of amides is 2. The van der Waals surface area contributed by atoms with Gasteiger partial charge in [0.05, 0.1) is 5.92 Å². The molecule has 0 aliphatic rings. The number of benzene rings is 3. The van der Waals surface area contributed by atoms with Crippen molar-refractivity contribution in [2.24, 2.45) is 11.8 Å². The third-order valence-electron chi connectivity index (χ3n) is 6.27. The first-order chi connectivity index (χ1) is 17.7. The number of nitrogens with one attached hydrogen (secondary N) is 1. The molecule has 3 aromatic carbocycles. The first-order valence-electron chi connectivity index (χ1n) is 12.4. The molecule has 7 nitrogen and oxygen atoms in total. The molecule has 2 atom stereocenters.